The van der Waals surface area contributed by atoms with Gasteiger partial charge in [0.1, 0.15) is 0 Å². The van der Waals surface area contributed by atoms with Crippen molar-refractivity contribution < 1.29 is 9.90 Å². The molecule has 0 aromatic heterocycles. The second kappa shape index (κ2) is 4.59. The van der Waals surface area contributed by atoms with E-state index in [2.05, 4.69) is 5.32 Å². The number of carboxylic acids is 1. The minimum Gasteiger partial charge on any atom is -0.478 e. The zero-order chi connectivity index (χ0) is 11.4. The standard InChI is InChI=1S/C11H14N2O2/c1-3-10(12)13-9-5-7(2)4-8(6-9)11(14)15/h4-6H,3H2,1-2H3,(H2,12,13)(H,14,15). The van der Waals surface area contributed by atoms with Gasteiger partial charge in [-0.3, -0.25) is 5.41 Å². The Morgan fingerprint density at radius 2 is 2.13 bits per heavy atom. The number of rotatable bonds is 3. The summed E-state index contributed by atoms with van der Waals surface area (Å²) < 4.78 is 0. The van der Waals surface area contributed by atoms with Gasteiger partial charge in [-0.15, -0.1) is 0 Å². The van der Waals surface area contributed by atoms with E-state index < -0.39 is 5.97 Å². The predicted octanol–water partition coefficient (Wildman–Crippen LogP) is 2.49. The first-order chi connectivity index (χ1) is 7.02. The lowest BCUT2D eigenvalue weighted by molar-refractivity contribution is 0.0697. The molecule has 0 bridgehead atoms. The van der Waals surface area contributed by atoms with E-state index >= 15 is 0 Å². The van der Waals surface area contributed by atoms with Gasteiger partial charge in [0.2, 0.25) is 0 Å². The second-order valence-electron chi connectivity index (χ2n) is 3.35. The van der Waals surface area contributed by atoms with E-state index in [9.17, 15) is 4.79 Å². The molecule has 1 aromatic carbocycles. The van der Waals surface area contributed by atoms with Crippen molar-refractivity contribution in [3.63, 3.8) is 0 Å². The second-order valence-corrected chi connectivity index (χ2v) is 3.35. The maximum Gasteiger partial charge on any atom is 0.335 e. The molecule has 0 saturated heterocycles. The van der Waals surface area contributed by atoms with Crippen LogP contribution >= 0.6 is 0 Å². The smallest absolute Gasteiger partial charge is 0.335 e. The number of benzene rings is 1. The SMILES string of the molecule is CCC(=N)Nc1cc(C)cc(C(=O)O)c1. The lowest BCUT2D eigenvalue weighted by Gasteiger charge is -2.08. The van der Waals surface area contributed by atoms with Gasteiger partial charge in [-0.1, -0.05) is 6.92 Å². The van der Waals surface area contributed by atoms with Gasteiger partial charge in [-0.25, -0.2) is 4.79 Å². The topological polar surface area (TPSA) is 73.2 Å². The molecule has 0 aliphatic heterocycles. The van der Waals surface area contributed by atoms with Crippen molar-refractivity contribution in [2.45, 2.75) is 20.3 Å². The van der Waals surface area contributed by atoms with E-state index in [0.717, 1.165) is 5.56 Å². The maximum absolute atomic E-state index is 10.8. The molecule has 1 rings (SSSR count). The van der Waals surface area contributed by atoms with Crippen LogP contribution in [-0.4, -0.2) is 16.9 Å². The molecule has 0 spiro atoms. The first kappa shape index (κ1) is 11.2. The number of hydrogen-bond donors (Lipinski definition) is 3. The fraction of sp³-hybridized carbons (Fsp3) is 0.273. The summed E-state index contributed by atoms with van der Waals surface area (Å²) in [4.78, 5) is 10.8. The third-order valence-corrected chi connectivity index (χ3v) is 1.97. The Hall–Kier alpha value is -1.84. The fourth-order valence-electron chi connectivity index (χ4n) is 1.24. The Bertz CT molecular complexity index is 400. The molecule has 0 heterocycles. The summed E-state index contributed by atoms with van der Waals surface area (Å²) in [7, 11) is 0. The fourth-order valence-corrected chi connectivity index (χ4v) is 1.24. The van der Waals surface area contributed by atoms with Crippen LogP contribution in [0.5, 0.6) is 0 Å². The third-order valence-electron chi connectivity index (χ3n) is 1.97. The average Bonchev–Trinajstić information content (AvgIpc) is 2.16. The summed E-state index contributed by atoms with van der Waals surface area (Å²) in [5.74, 6) is -0.582. The van der Waals surface area contributed by atoms with Gasteiger partial charge in [-0.05, 0) is 30.7 Å². The number of hydrogen-bond acceptors (Lipinski definition) is 2. The van der Waals surface area contributed by atoms with Gasteiger partial charge in [0, 0.05) is 12.1 Å². The summed E-state index contributed by atoms with van der Waals surface area (Å²) in [6, 6.07) is 4.94. The third kappa shape index (κ3) is 3.09. The number of nitrogens with one attached hydrogen (secondary N) is 2. The Kier molecular flexibility index (Phi) is 3.44. The largest absolute Gasteiger partial charge is 0.478 e. The van der Waals surface area contributed by atoms with Crippen LogP contribution in [0.1, 0.15) is 29.3 Å². The van der Waals surface area contributed by atoms with E-state index in [1.165, 1.54) is 6.07 Å². The van der Waals surface area contributed by atoms with Gasteiger partial charge in [0.15, 0.2) is 0 Å². The van der Waals surface area contributed by atoms with Crippen molar-refractivity contribution in [3.05, 3.63) is 29.3 Å². The Morgan fingerprint density at radius 3 is 2.67 bits per heavy atom. The van der Waals surface area contributed by atoms with Crippen LogP contribution in [0.3, 0.4) is 0 Å². The molecule has 3 N–H and O–H groups in total. The number of amidine groups is 1. The summed E-state index contributed by atoms with van der Waals surface area (Å²) in [5.41, 5.74) is 1.75. The number of aryl methyl sites for hydroxylation is 1. The quantitative estimate of drug-likeness (QED) is 0.525. The van der Waals surface area contributed by atoms with Gasteiger partial charge in [-0.2, -0.15) is 0 Å². The van der Waals surface area contributed by atoms with Gasteiger partial charge in [0.05, 0.1) is 11.4 Å². The number of carbonyl (C=O) groups is 1. The van der Waals surface area contributed by atoms with Gasteiger partial charge < -0.3 is 10.4 Å². The highest BCUT2D eigenvalue weighted by atomic mass is 16.4. The van der Waals surface area contributed by atoms with Crippen molar-refractivity contribution >= 4 is 17.5 Å². The molecule has 0 atom stereocenters. The molecule has 0 aliphatic rings. The van der Waals surface area contributed by atoms with Crippen LogP contribution < -0.4 is 5.32 Å². The average molecular weight is 206 g/mol. The van der Waals surface area contributed by atoms with E-state index in [1.807, 2.05) is 19.9 Å². The molecular weight excluding hydrogens is 192 g/mol. The van der Waals surface area contributed by atoms with E-state index in [-0.39, 0.29) is 5.56 Å². The van der Waals surface area contributed by atoms with Crippen LogP contribution in [-0.2, 0) is 0 Å². The summed E-state index contributed by atoms with van der Waals surface area (Å²) in [5, 5.41) is 19.2. The van der Waals surface area contributed by atoms with Crippen LogP contribution in [0.4, 0.5) is 5.69 Å². The van der Waals surface area contributed by atoms with Gasteiger partial charge >= 0.3 is 5.97 Å². The van der Waals surface area contributed by atoms with Crippen LogP contribution in [0.2, 0.25) is 0 Å². The minimum absolute atomic E-state index is 0.237. The molecule has 15 heavy (non-hydrogen) atoms. The molecule has 0 amide bonds. The molecule has 80 valence electrons. The molecular formula is C11H14N2O2. The van der Waals surface area contributed by atoms with Crippen molar-refractivity contribution in [1.82, 2.24) is 0 Å². The first-order valence-corrected chi connectivity index (χ1v) is 4.72. The van der Waals surface area contributed by atoms with E-state index in [1.54, 1.807) is 6.07 Å². The number of carboxylic acid groups (broad SMARTS) is 1. The predicted molar refractivity (Wildman–Crippen MR) is 59.8 cm³/mol. The molecule has 0 unspecified atom stereocenters. The van der Waals surface area contributed by atoms with Crippen LogP contribution in [0.15, 0.2) is 18.2 Å². The van der Waals surface area contributed by atoms with Crippen molar-refractivity contribution in [3.8, 4) is 0 Å². The zero-order valence-electron chi connectivity index (χ0n) is 8.79. The summed E-state index contributed by atoms with van der Waals surface area (Å²) >= 11 is 0. The zero-order valence-corrected chi connectivity index (χ0v) is 8.79. The lowest BCUT2D eigenvalue weighted by Crippen LogP contribution is -2.09. The van der Waals surface area contributed by atoms with Crippen molar-refractivity contribution in [1.29, 1.82) is 5.41 Å². The minimum atomic E-state index is -0.954. The van der Waals surface area contributed by atoms with Crippen molar-refractivity contribution in [2.24, 2.45) is 0 Å². The molecule has 0 radical (unpaired) electrons. The Labute approximate surface area is 88.4 Å². The molecule has 0 saturated carbocycles. The number of aromatic carboxylic acids is 1. The van der Waals surface area contributed by atoms with Crippen molar-refractivity contribution in [2.75, 3.05) is 5.32 Å². The highest BCUT2D eigenvalue weighted by molar-refractivity contribution is 5.95. The number of anilines is 1. The highest BCUT2D eigenvalue weighted by Gasteiger charge is 2.05. The lowest BCUT2D eigenvalue weighted by atomic mass is 10.1. The molecule has 0 fully saturated rings. The summed E-state index contributed by atoms with van der Waals surface area (Å²) in [6.07, 6.45) is 0.594. The molecule has 4 nitrogen and oxygen atoms in total. The maximum atomic E-state index is 10.8. The van der Waals surface area contributed by atoms with E-state index in [4.69, 9.17) is 10.5 Å². The van der Waals surface area contributed by atoms with Crippen LogP contribution in [0.25, 0.3) is 0 Å². The highest BCUT2D eigenvalue weighted by Crippen LogP contribution is 2.14. The van der Waals surface area contributed by atoms with Gasteiger partial charge in [0.25, 0.3) is 0 Å². The Morgan fingerprint density at radius 1 is 1.47 bits per heavy atom. The molecule has 0 aliphatic carbocycles. The molecule has 4 heteroatoms. The normalized spacial score (nSPS) is 9.73. The van der Waals surface area contributed by atoms with Crippen LogP contribution in [0, 0.1) is 12.3 Å². The Balaban J connectivity index is 2.98. The first-order valence-electron chi connectivity index (χ1n) is 4.72. The van der Waals surface area contributed by atoms with E-state index in [0.29, 0.717) is 17.9 Å². The monoisotopic (exact) mass is 206 g/mol. The molecule has 1 aromatic rings. The summed E-state index contributed by atoms with van der Waals surface area (Å²) in [6.45, 7) is 3.69.